The van der Waals surface area contributed by atoms with Gasteiger partial charge in [0.2, 0.25) is 5.13 Å². The van der Waals surface area contributed by atoms with Gasteiger partial charge in [0, 0.05) is 22.1 Å². The summed E-state index contributed by atoms with van der Waals surface area (Å²) < 4.78 is 10.7. The van der Waals surface area contributed by atoms with Crippen molar-refractivity contribution in [3.05, 3.63) is 23.6 Å². The van der Waals surface area contributed by atoms with Crippen molar-refractivity contribution in [3.63, 3.8) is 0 Å². The van der Waals surface area contributed by atoms with Crippen LogP contribution >= 0.6 is 11.3 Å². The smallest absolute Gasteiger partial charge is 0.203 e. The number of hydrazone groups is 1. The highest BCUT2D eigenvalue weighted by atomic mass is 32.1. The molecule has 1 heterocycles. The Morgan fingerprint density at radius 1 is 1.19 bits per heavy atom. The Labute approximate surface area is 164 Å². The summed E-state index contributed by atoms with van der Waals surface area (Å²) in [6.07, 6.45) is 3.66. The molecular weight excluding hydrogens is 358 g/mol. The molecular formula is C21H27N3O2S. The molecule has 144 valence electrons. The first kappa shape index (κ1) is 18.3. The van der Waals surface area contributed by atoms with Gasteiger partial charge >= 0.3 is 0 Å². The summed E-state index contributed by atoms with van der Waals surface area (Å²) >= 11 is 1.57. The van der Waals surface area contributed by atoms with Crippen LogP contribution in [0.15, 0.2) is 28.7 Å². The predicted octanol–water partition coefficient (Wildman–Crippen LogP) is 5.44. The molecule has 1 aromatic heterocycles. The second kappa shape index (κ2) is 6.51. The van der Waals surface area contributed by atoms with Gasteiger partial charge < -0.3 is 9.47 Å². The van der Waals surface area contributed by atoms with E-state index in [9.17, 15) is 0 Å². The Kier molecular flexibility index (Phi) is 4.41. The van der Waals surface area contributed by atoms with E-state index in [4.69, 9.17) is 19.6 Å². The molecule has 2 aliphatic carbocycles. The van der Waals surface area contributed by atoms with Crippen molar-refractivity contribution >= 4 is 22.2 Å². The number of aromatic nitrogens is 1. The van der Waals surface area contributed by atoms with E-state index in [0.29, 0.717) is 16.9 Å². The first-order chi connectivity index (χ1) is 12.9. The van der Waals surface area contributed by atoms with Gasteiger partial charge in [-0.25, -0.2) is 4.98 Å². The van der Waals surface area contributed by atoms with E-state index >= 15 is 0 Å². The molecule has 0 unspecified atom stereocenters. The summed E-state index contributed by atoms with van der Waals surface area (Å²) in [4.78, 5) is 4.70. The maximum Gasteiger partial charge on any atom is 0.203 e. The number of anilines is 1. The molecule has 0 aliphatic heterocycles. The first-order valence-electron chi connectivity index (χ1n) is 9.40. The number of methoxy groups -OCH3 is 2. The number of ether oxygens (including phenoxy) is 2. The van der Waals surface area contributed by atoms with Crippen molar-refractivity contribution < 1.29 is 9.47 Å². The van der Waals surface area contributed by atoms with Gasteiger partial charge in [0.1, 0.15) is 0 Å². The van der Waals surface area contributed by atoms with Crippen molar-refractivity contribution in [1.82, 2.24) is 4.98 Å². The molecule has 4 rings (SSSR count). The first-order valence-corrected chi connectivity index (χ1v) is 10.3. The molecule has 0 spiro atoms. The van der Waals surface area contributed by atoms with Crippen LogP contribution in [0, 0.1) is 16.7 Å². The van der Waals surface area contributed by atoms with Crippen molar-refractivity contribution in [2.45, 2.75) is 40.0 Å². The molecule has 5 nitrogen and oxygen atoms in total. The van der Waals surface area contributed by atoms with Gasteiger partial charge in [-0.1, -0.05) is 20.8 Å². The van der Waals surface area contributed by atoms with E-state index in [1.165, 1.54) is 18.6 Å². The molecule has 2 fully saturated rings. The molecule has 1 N–H and O–H groups in total. The van der Waals surface area contributed by atoms with Crippen LogP contribution in [0.2, 0.25) is 0 Å². The molecule has 0 saturated heterocycles. The number of fused-ring (bicyclic) bond motifs is 2. The van der Waals surface area contributed by atoms with Crippen LogP contribution in [0.1, 0.15) is 40.0 Å². The average molecular weight is 386 g/mol. The van der Waals surface area contributed by atoms with Crippen molar-refractivity contribution in [3.8, 4) is 22.8 Å². The van der Waals surface area contributed by atoms with Gasteiger partial charge in [-0.3, -0.25) is 5.43 Å². The minimum atomic E-state index is 0.202. The third-order valence-electron chi connectivity index (χ3n) is 6.98. The lowest BCUT2D eigenvalue weighted by Crippen LogP contribution is -2.32. The van der Waals surface area contributed by atoms with Crippen LogP contribution in [0.25, 0.3) is 11.3 Å². The summed E-state index contributed by atoms with van der Waals surface area (Å²) in [5.41, 5.74) is 6.95. The van der Waals surface area contributed by atoms with Gasteiger partial charge in [0.15, 0.2) is 11.5 Å². The summed E-state index contributed by atoms with van der Waals surface area (Å²) in [7, 11) is 3.28. The lowest BCUT2D eigenvalue weighted by molar-refractivity contribution is 0.194. The highest BCUT2D eigenvalue weighted by Crippen LogP contribution is 2.63. The summed E-state index contributed by atoms with van der Waals surface area (Å²) in [5, 5.41) is 7.64. The average Bonchev–Trinajstić information content (AvgIpc) is 3.28. The monoisotopic (exact) mass is 385 g/mol. The lowest BCUT2D eigenvalue weighted by atomic mass is 9.70. The topological polar surface area (TPSA) is 55.7 Å². The van der Waals surface area contributed by atoms with Crippen molar-refractivity contribution in [1.29, 1.82) is 0 Å². The maximum atomic E-state index is 5.39. The molecule has 0 radical (unpaired) electrons. The number of hydrogen-bond donors (Lipinski definition) is 1. The van der Waals surface area contributed by atoms with E-state index in [1.807, 2.05) is 23.6 Å². The van der Waals surface area contributed by atoms with Gasteiger partial charge in [-0.05, 0) is 48.8 Å². The Morgan fingerprint density at radius 3 is 2.59 bits per heavy atom. The zero-order valence-corrected chi connectivity index (χ0v) is 17.4. The van der Waals surface area contributed by atoms with Crippen LogP contribution in [-0.2, 0) is 0 Å². The molecule has 2 saturated carbocycles. The van der Waals surface area contributed by atoms with Gasteiger partial charge in [-0.2, -0.15) is 5.10 Å². The summed E-state index contributed by atoms with van der Waals surface area (Å²) in [6, 6.07) is 5.84. The van der Waals surface area contributed by atoms with E-state index in [1.54, 1.807) is 25.6 Å². The fourth-order valence-corrected chi connectivity index (χ4v) is 5.33. The van der Waals surface area contributed by atoms with Crippen molar-refractivity contribution in [2.24, 2.45) is 21.8 Å². The van der Waals surface area contributed by atoms with Crippen LogP contribution < -0.4 is 14.9 Å². The highest BCUT2D eigenvalue weighted by Gasteiger charge is 2.59. The van der Waals surface area contributed by atoms with E-state index in [-0.39, 0.29) is 5.41 Å². The van der Waals surface area contributed by atoms with Crippen LogP contribution in [-0.4, -0.2) is 24.9 Å². The van der Waals surface area contributed by atoms with E-state index in [2.05, 4.69) is 26.2 Å². The number of nitrogens with zero attached hydrogens (tertiary/aromatic N) is 2. The molecule has 2 aliphatic rings. The SMILES string of the molecule is COc1ccc(-c2csc(N/N=C3\C[C@H]4CC[C@]3(C)C4(C)C)n2)cc1OC. The number of nitrogens with one attached hydrogen (secondary N) is 1. The molecule has 2 bridgehead atoms. The molecule has 0 amide bonds. The Morgan fingerprint density at radius 2 is 1.96 bits per heavy atom. The fraction of sp³-hybridized carbons (Fsp3) is 0.524. The zero-order valence-electron chi connectivity index (χ0n) is 16.6. The van der Waals surface area contributed by atoms with Crippen LogP contribution in [0.5, 0.6) is 11.5 Å². The lowest BCUT2D eigenvalue weighted by Gasteiger charge is -2.34. The quantitative estimate of drug-likeness (QED) is 0.696. The third-order valence-corrected chi connectivity index (χ3v) is 7.73. The third kappa shape index (κ3) is 2.81. The Balaban J connectivity index is 1.53. The number of thiazole rings is 1. The van der Waals surface area contributed by atoms with E-state index < -0.39 is 0 Å². The second-order valence-electron chi connectivity index (χ2n) is 8.27. The zero-order chi connectivity index (χ0) is 19.2. The molecule has 27 heavy (non-hydrogen) atoms. The molecule has 1 aromatic carbocycles. The minimum absolute atomic E-state index is 0.202. The van der Waals surface area contributed by atoms with Gasteiger partial charge in [-0.15, -0.1) is 11.3 Å². The molecule has 2 aromatic rings. The van der Waals surface area contributed by atoms with Gasteiger partial charge in [0.05, 0.1) is 19.9 Å². The van der Waals surface area contributed by atoms with Crippen LogP contribution in [0.3, 0.4) is 0 Å². The van der Waals surface area contributed by atoms with Crippen molar-refractivity contribution in [2.75, 3.05) is 19.6 Å². The number of hydrogen-bond acceptors (Lipinski definition) is 6. The summed E-state index contributed by atoms with van der Waals surface area (Å²) in [5.74, 6) is 2.17. The highest BCUT2D eigenvalue weighted by molar-refractivity contribution is 7.14. The summed E-state index contributed by atoms with van der Waals surface area (Å²) in [6.45, 7) is 7.16. The molecule has 2 atom stereocenters. The van der Waals surface area contributed by atoms with E-state index in [0.717, 1.165) is 28.7 Å². The normalized spacial score (nSPS) is 27.1. The predicted molar refractivity (Wildman–Crippen MR) is 111 cm³/mol. The minimum Gasteiger partial charge on any atom is -0.493 e. The Bertz CT molecular complexity index is 889. The Hall–Kier alpha value is -2.08. The standard InChI is InChI=1S/C21H27N3O2S/c1-20(2)14-8-9-21(20,3)18(11-14)23-24-19-22-15(12-27-19)13-6-7-16(25-4)17(10-13)26-5/h6-7,10,12,14H,8-9,11H2,1-5H3,(H,22,24)/b23-18+/t14-,21+/m1/s1. The number of benzene rings is 1. The fourth-order valence-electron chi connectivity index (χ4n) is 4.67. The second-order valence-corrected chi connectivity index (χ2v) is 9.13. The largest absolute Gasteiger partial charge is 0.493 e. The maximum absolute atomic E-state index is 5.39. The molecule has 6 heteroatoms. The van der Waals surface area contributed by atoms with Gasteiger partial charge in [0.25, 0.3) is 0 Å². The van der Waals surface area contributed by atoms with Crippen LogP contribution in [0.4, 0.5) is 5.13 Å². The number of rotatable bonds is 5.